The summed E-state index contributed by atoms with van der Waals surface area (Å²) in [6.07, 6.45) is 0.857. The van der Waals surface area contributed by atoms with Gasteiger partial charge in [0.05, 0.1) is 0 Å². The number of aryl methyl sites for hydroxylation is 1. The molecule has 0 spiro atoms. The number of amides is 1. The summed E-state index contributed by atoms with van der Waals surface area (Å²) in [5.41, 5.74) is 8.01. The molecule has 2 atom stereocenters. The molecular formula is C14H23ClN2O. The third kappa shape index (κ3) is 5.07. The van der Waals surface area contributed by atoms with Gasteiger partial charge >= 0.3 is 0 Å². The van der Waals surface area contributed by atoms with Gasteiger partial charge < -0.3 is 11.1 Å². The van der Waals surface area contributed by atoms with Crippen LogP contribution in [0.4, 0.5) is 0 Å². The zero-order valence-corrected chi connectivity index (χ0v) is 12.1. The maximum atomic E-state index is 11.7. The summed E-state index contributed by atoms with van der Waals surface area (Å²) in [7, 11) is 0. The zero-order valence-electron chi connectivity index (χ0n) is 11.3. The molecule has 0 heterocycles. The van der Waals surface area contributed by atoms with Crippen molar-refractivity contribution in [3.05, 3.63) is 35.4 Å². The van der Waals surface area contributed by atoms with Crippen molar-refractivity contribution in [3.63, 3.8) is 0 Å². The molecule has 1 rings (SSSR count). The molecule has 0 aromatic heterocycles. The van der Waals surface area contributed by atoms with E-state index >= 15 is 0 Å². The molecule has 18 heavy (non-hydrogen) atoms. The predicted octanol–water partition coefficient (Wildman–Crippen LogP) is 2.06. The van der Waals surface area contributed by atoms with Crippen molar-refractivity contribution in [2.75, 3.05) is 6.54 Å². The standard InChI is InChI=1S/C14H22N2O.ClH/c1-10-6-4-5-7-13(10)8-12(3)16-14(17)11(2)9-15;/h4-7,11-12H,8-9,15H2,1-3H3,(H,16,17);1H. The normalized spacial score (nSPS) is 13.3. The molecule has 0 fully saturated rings. The topological polar surface area (TPSA) is 55.1 Å². The van der Waals surface area contributed by atoms with Crippen molar-refractivity contribution in [2.45, 2.75) is 33.2 Å². The third-order valence-electron chi connectivity index (χ3n) is 2.98. The molecule has 1 aromatic rings. The Morgan fingerprint density at radius 3 is 2.50 bits per heavy atom. The molecule has 3 nitrogen and oxygen atoms in total. The van der Waals surface area contributed by atoms with Crippen molar-refractivity contribution in [2.24, 2.45) is 11.7 Å². The van der Waals surface area contributed by atoms with E-state index in [1.165, 1.54) is 11.1 Å². The highest BCUT2D eigenvalue weighted by Crippen LogP contribution is 2.09. The summed E-state index contributed by atoms with van der Waals surface area (Å²) in [6.45, 7) is 6.35. The first-order valence-corrected chi connectivity index (χ1v) is 6.09. The molecule has 0 radical (unpaired) electrons. The predicted molar refractivity (Wildman–Crippen MR) is 78.0 cm³/mol. The summed E-state index contributed by atoms with van der Waals surface area (Å²) in [4.78, 5) is 11.7. The smallest absolute Gasteiger partial charge is 0.224 e. The summed E-state index contributed by atoms with van der Waals surface area (Å²) >= 11 is 0. The van der Waals surface area contributed by atoms with Crippen LogP contribution >= 0.6 is 12.4 Å². The van der Waals surface area contributed by atoms with Gasteiger partial charge in [-0.3, -0.25) is 4.79 Å². The SMILES string of the molecule is Cc1ccccc1CC(C)NC(=O)C(C)CN.Cl. The molecule has 2 unspecified atom stereocenters. The highest BCUT2D eigenvalue weighted by Gasteiger charge is 2.14. The van der Waals surface area contributed by atoms with E-state index in [2.05, 4.69) is 24.4 Å². The number of nitrogens with one attached hydrogen (secondary N) is 1. The Labute approximate surface area is 116 Å². The Bertz CT molecular complexity index is 382. The molecule has 102 valence electrons. The van der Waals surface area contributed by atoms with Crippen LogP contribution < -0.4 is 11.1 Å². The molecule has 4 heteroatoms. The molecule has 0 saturated carbocycles. The van der Waals surface area contributed by atoms with Crippen LogP contribution in [-0.2, 0) is 11.2 Å². The van der Waals surface area contributed by atoms with Crippen LogP contribution in [0.2, 0.25) is 0 Å². The molecule has 1 aromatic carbocycles. The van der Waals surface area contributed by atoms with Gasteiger partial charge in [-0.25, -0.2) is 0 Å². The molecular weight excluding hydrogens is 248 g/mol. The van der Waals surface area contributed by atoms with Gasteiger partial charge in [-0.2, -0.15) is 0 Å². The fourth-order valence-electron chi connectivity index (χ4n) is 1.71. The van der Waals surface area contributed by atoms with Gasteiger partial charge in [-0.1, -0.05) is 31.2 Å². The second kappa shape index (κ2) is 8.11. The van der Waals surface area contributed by atoms with Crippen LogP contribution in [0.3, 0.4) is 0 Å². The number of hydrogen-bond donors (Lipinski definition) is 2. The summed E-state index contributed by atoms with van der Waals surface area (Å²) in [6, 6.07) is 8.38. The molecule has 0 saturated heterocycles. The lowest BCUT2D eigenvalue weighted by Gasteiger charge is -2.17. The number of nitrogens with two attached hydrogens (primary N) is 1. The van der Waals surface area contributed by atoms with Gasteiger partial charge in [0.2, 0.25) is 5.91 Å². The third-order valence-corrected chi connectivity index (χ3v) is 2.98. The van der Waals surface area contributed by atoms with E-state index in [4.69, 9.17) is 5.73 Å². The second-order valence-corrected chi connectivity index (χ2v) is 4.68. The zero-order chi connectivity index (χ0) is 12.8. The van der Waals surface area contributed by atoms with Crippen LogP contribution in [0.5, 0.6) is 0 Å². The number of halogens is 1. The van der Waals surface area contributed by atoms with Crippen LogP contribution in [0.1, 0.15) is 25.0 Å². The highest BCUT2D eigenvalue weighted by molar-refractivity contribution is 5.85. The first-order chi connectivity index (χ1) is 8.04. The Balaban J connectivity index is 0.00000289. The van der Waals surface area contributed by atoms with Gasteiger partial charge in [0.15, 0.2) is 0 Å². The van der Waals surface area contributed by atoms with Crippen LogP contribution in [0.25, 0.3) is 0 Å². The van der Waals surface area contributed by atoms with Crippen molar-refractivity contribution in [1.29, 1.82) is 0 Å². The van der Waals surface area contributed by atoms with E-state index < -0.39 is 0 Å². The highest BCUT2D eigenvalue weighted by atomic mass is 35.5. The van der Waals surface area contributed by atoms with Crippen LogP contribution in [0, 0.1) is 12.8 Å². The first-order valence-electron chi connectivity index (χ1n) is 6.09. The summed E-state index contributed by atoms with van der Waals surface area (Å²) in [5.74, 6) is -0.0806. The van der Waals surface area contributed by atoms with Crippen LogP contribution in [0.15, 0.2) is 24.3 Å². The lowest BCUT2D eigenvalue weighted by atomic mass is 10.0. The number of carbonyl (C=O) groups is 1. The summed E-state index contributed by atoms with van der Waals surface area (Å²) in [5, 5.41) is 2.99. The molecule has 0 aliphatic carbocycles. The van der Waals surface area contributed by atoms with Gasteiger partial charge in [-0.15, -0.1) is 12.4 Å². The van der Waals surface area contributed by atoms with Crippen LogP contribution in [-0.4, -0.2) is 18.5 Å². The van der Waals surface area contributed by atoms with Gasteiger partial charge in [0, 0.05) is 18.5 Å². The van der Waals surface area contributed by atoms with E-state index in [0.717, 1.165) is 6.42 Å². The maximum absolute atomic E-state index is 11.7. The first kappa shape index (κ1) is 16.9. The minimum atomic E-state index is -0.116. The second-order valence-electron chi connectivity index (χ2n) is 4.68. The molecule has 1 amide bonds. The lowest BCUT2D eigenvalue weighted by Crippen LogP contribution is -2.39. The quantitative estimate of drug-likeness (QED) is 0.861. The fourth-order valence-corrected chi connectivity index (χ4v) is 1.71. The molecule has 0 aliphatic rings. The van der Waals surface area contributed by atoms with E-state index in [1.54, 1.807) is 0 Å². The average Bonchev–Trinajstić information content (AvgIpc) is 2.31. The van der Waals surface area contributed by atoms with Gasteiger partial charge in [0.1, 0.15) is 0 Å². The van der Waals surface area contributed by atoms with Crippen molar-refractivity contribution in [3.8, 4) is 0 Å². The average molecular weight is 271 g/mol. The van der Waals surface area contributed by atoms with Crippen molar-refractivity contribution >= 4 is 18.3 Å². The Kier molecular flexibility index (Phi) is 7.64. The minimum Gasteiger partial charge on any atom is -0.353 e. The Morgan fingerprint density at radius 2 is 1.94 bits per heavy atom. The van der Waals surface area contributed by atoms with Gasteiger partial charge in [-0.05, 0) is 31.4 Å². The molecule has 0 aliphatic heterocycles. The monoisotopic (exact) mass is 270 g/mol. The Hall–Kier alpha value is -1.06. The van der Waals surface area contributed by atoms with Crippen molar-refractivity contribution < 1.29 is 4.79 Å². The maximum Gasteiger partial charge on any atom is 0.224 e. The van der Waals surface area contributed by atoms with E-state index in [0.29, 0.717) is 6.54 Å². The number of benzene rings is 1. The Morgan fingerprint density at radius 1 is 1.33 bits per heavy atom. The molecule has 3 N–H and O–H groups in total. The number of rotatable bonds is 5. The van der Waals surface area contributed by atoms with E-state index in [-0.39, 0.29) is 30.3 Å². The summed E-state index contributed by atoms with van der Waals surface area (Å²) < 4.78 is 0. The fraction of sp³-hybridized carbons (Fsp3) is 0.500. The number of hydrogen-bond acceptors (Lipinski definition) is 2. The van der Waals surface area contributed by atoms with Crippen molar-refractivity contribution in [1.82, 2.24) is 5.32 Å². The minimum absolute atomic E-state index is 0. The largest absolute Gasteiger partial charge is 0.353 e. The molecule has 0 bridgehead atoms. The van der Waals surface area contributed by atoms with E-state index in [1.807, 2.05) is 26.0 Å². The van der Waals surface area contributed by atoms with E-state index in [9.17, 15) is 4.79 Å². The lowest BCUT2D eigenvalue weighted by molar-refractivity contribution is -0.124. The number of carbonyl (C=O) groups excluding carboxylic acids is 1. The van der Waals surface area contributed by atoms with Gasteiger partial charge in [0.25, 0.3) is 0 Å².